The van der Waals surface area contributed by atoms with Crippen molar-refractivity contribution in [3.05, 3.63) is 18.3 Å². The fourth-order valence-corrected chi connectivity index (χ4v) is 2.00. The molecule has 0 spiro atoms. The fraction of sp³-hybridized carbons (Fsp3) is 0.444. The van der Waals surface area contributed by atoms with Crippen LogP contribution in [0.1, 0.15) is 6.92 Å². The molecule has 1 rings (SSSR count). The highest BCUT2D eigenvalue weighted by molar-refractivity contribution is 7.89. The third-order valence-electron chi connectivity index (χ3n) is 2.03. The van der Waals surface area contributed by atoms with Gasteiger partial charge in [-0.15, -0.1) is 0 Å². The Labute approximate surface area is 94.9 Å². The van der Waals surface area contributed by atoms with E-state index in [-0.39, 0.29) is 23.4 Å². The second-order valence-electron chi connectivity index (χ2n) is 3.32. The smallest absolute Gasteiger partial charge is 0.242 e. The van der Waals surface area contributed by atoms with Crippen molar-refractivity contribution in [3.63, 3.8) is 0 Å². The Bertz CT molecular complexity index is 430. The van der Waals surface area contributed by atoms with Gasteiger partial charge in [-0.3, -0.25) is 0 Å². The number of hydrogen-bond acceptors (Lipinski definition) is 5. The van der Waals surface area contributed by atoms with Crippen molar-refractivity contribution >= 4 is 15.8 Å². The van der Waals surface area contributed by atoms with Crippen molar-refractivity contribution in [2.75, 3.05) is 19.4 Å². The summed E-state index contributed by atoms with van der Waals surface area (Å²) in [6.07, 6.45) is 1.03. The molecule has 1 unspecified atom stereocenters. The molecule has 0 aliphatic heterocycles. The molecular formula is C9H15N3O3S. The number of nitrogens with zero attached hydrogens (tertiary/aromatic N) is 1. The SMILES string of the molecule is COC(C)CNS(=O)(=O)c1ccc(N)nc1. The first-order valence-corrected chi connectivity index (χ1v) is 6.18. The van der Waals surface area contributed by atoms with Gasteiger partial charge in [0.05, 0.1) is 6.10 Å². The van der Waals surface area contributed by atoms with E-state index < -0.39 is 10.0 Å². The molecule has 0 saturated heterocycles. The maximum atomic E-state index is 11.7. The average Bonchev–Trinajstić information content (AvgIpc) is 2.26. The number of sulfonamides is 1. The summed E-state index contributed by atoms with van der Waals surface area (Å²) in [6, 6.07) is 2.84. The predicted molar refractivity (Wildman–Crippen MR) is 60.3 cm³/mol. The van der Waals surface area contributed by atoms with Gasteiger partial charge in [0.2, 0.25) is 10.0 Å². The zero-order valence-electron chi connectivity index (χ0n) is 9.17. The van der Waals surface area contributed by atoms with E-state index >= 15 is 0 Å². The highest BCUT2D eigenvalue weighted by Crippen LogP contribution is 2.08. The van der Waals surface area contributed by atoms with Crippen molar-refractivity contribution in [1.82, 2.24) is 9.71 Å². The topological polar surface area (TPSA) is 94.3 Å². The highest BCUT2D eigenvalue weighted by Gasteiger charge is 2.15. The van der Waals surface area contributed by atoms with Gasteiger partial charge < -0.3 is 10.5 Å². The number of hydrogen-bond donors (Lipinski definition) is 2. The minimum absolute atomic E-state index is 0.0880. The van der Waals surface area contributed by atoms with Crippen LogP contribution in [0, 0.1) is 0 Å². The van der Waals surface area contributed by atoms with Crippen LogP contribution in [0.25, 0.3) is 0 Å². The Kier molecular flexibility index (Phi) is 4.22. The van der Waals surface area contributed by atoms with E-state index in [1.807, 2.05) is 0 Å². The first-order chi connectivity index (χ1) is 7.45. The molecule has 0 bridgehead atoms. The van der Waals surface area contributed by atoms with Crippen LogP contribution >= 0.6 is 0 Å². The van der Waals surface area contributed by atoms with Crippen LogP contribution in [0.3, 0.4) is 0 Å². The number of nitrogens with one attached hydrogen (secondary N) is 1. The number of rotatable bonds is 5. The molecule has 90 valence electrons. The Morgan fingerprint density at radius 2 is 2.25 bits per heavy atom. The molecule has 0 aliphatic carbocycles. The summed E-state index contributed by atoms with van der Waals surface area (Å²) in [7, 11) is -2.01. The number of anilines is 1. The standard InChI is InChI=1S/C9H15N3O3S/c1-7(15-2)5-12-16(13,14)8-3-4-9(10)11-6-8/h3-4,6-7,12H,5H2,1-2H3,(H2,10,11). The number of aromatic nitrogens is 1. The maximum absolute atomic E-state index is 11.7. The molecule has 0 radical (unpaired) electrons. The summed E-state index contributed by atoms with van der Waals surface area (Å²) < 4.78 is 30.8. The number of pyridine rings is 1. The van der Waals surface area contributed by atoms with Gasteiger partial charge in [0, 0.05) is 19.9 Å². The van der Waals surface area contributed by atoms with Gasteiger partial charge in [-0.25, -0.2) is 18.1 Å². The Hall–Kier alpha value is -1.18. The van der Waals surface area contributed by atoms with Crippen LogP contribution in [0.4, 0.5) is 5.82 Å². The molecule has 1 atom stereocenters. The lowest BCUT2D eigenvalue weighted by molar-refractivity contribution is 0.122. The van der Waals surface area contributed by atoms with E-state index in [0.717, 1.165) is 0 Å². The van der Waals surface area contributed by atoms with Crippen LogP contribution < -0.4 is 10.5 Å². The molecule has 1 heterocycles. The molecule has 6 nitrogen and oxygen atoms in total. The van der Waals surface area contributed by atoms with E-state index in [9.17, 15) is 8.42 Å². The molecule has 0 fully saturated rings. The summed E-state index contributed by atoms with van der Waals surface area (Å²) in [5, 5.41) is 0. The second kappa shape index (κ2) is 5.24. The Morgan fingerprint density at radius 3 is 2.75 bits per heavy atom. The molecule has 7 heteroatoms. The van der Waals surface area contributed by atoms with Gasteiger partial charge >= 0.3 is 0 Å². The van der Waals surface area contributed by atoms with Gasteiger partial charge in [-0.2, -0.15) is 0 Å². The third-order valence-corrected chi connectivity index (χ3v) is 3.44. The first-order valence-electron chi connectivity index (χ1n) is 4.69. The molecule has 16 heavy (non-hydrogen) atoms. The summed E-state index contributed by atoms with van der Waals surface area (Å²) in [5.41, 5.74) is 5.37. The normalized spacial score (nSPS) is 13.6. The molecule has 0 aliphatic rings. The first kappa shape index (κ1) is 12.9. The molecular weight excluding hydrogens is 230 g/mol. The quantitative estimate of drug-likeness (QED) is 0.760. The molecule has 1 aromatic rings. The maximum Gasteiger partial charge on any atom is 0.242 e. The highest BCUT2D eigenvalue weighted by atomic mass is 32.2. The minimum Gasteiger partial charge on any atom is -0.384 e. The number of ether oxygens (including phenoxy) is 1. The van der Waals surface area contributed by atoms with Gasteiger partial charge in [-0.1, -0.05) is 0 Å². The number of methoxy groups -OCH3 is 1. The van der Waals surface area contributed by atoms with Crippen molar-refractivity contribution in [2.45, 2.75) is 17.9 Å². The lowest BCUT2D eigenvalue weighted by Crippen LogP contribution is -2.31. The third kappa shape index (κ3) is 3.44. The molecule has 3 N–H and O–H groups in total. The largest absolute Gasteiger partial charge is 0.384 e. The van der Waals surface area contributed by atoms with Crippen LogP contribution in [0.5, 0.6) is 0 Å². The summed E-state index contributed by atoms with van der Waals surface area (Å²) >= 11 is 0. The van der Waals surface area contributed by atoms with Crippen molar-refractivity contribution in [1.29, 1.82) is 0 Å². The van der Waals surface area contributed by atoms with Gasteiger partial charge in [0.15, 0.2) is 0 Å². The number of nitrogens with two attached hydrogens (primary N) is 1. The van der Waals surface area contributed by atoms with Crippen LogP contribution in [0.15, 0.2) is 23.2 Å². The zero-order valence-corrected chi connectivity index (χ0v) is 9.99. The van der Waals surface area contributed by atoms with Crippen molar-refractivity contribution in [2.24, 2.45) is 0 Å². The second-order valence-corrected chi connectivity index (χ2v) is 5.08. The molecule has 1 aromatic heterocycles. The average molecular weight is 245 g/mol. The predicted octanol–water partition coefficient (Wildman–Crippen LogP) is -0.0230. The van der Waals surface area contributed by atoms with Crippen molar-refractivity contribution < 1.29 is 13.2 Å². The van der Waals surface area contributed by atoms with Crippen LogP contribution in [0.2, 0.25) is 0 Å². The summed E-state index contributed by atoms with van der Waals surface area (Å²) in [5.74, 6) is 0.282. The number of nitrogen functional groups attached to an aromatic ring is 1. The van der Waals surface area contributed by atoms with Crippen molar-refractivity contribution in [3.8, 4) is 0 Å². The van der Waals surface area contributed by atoms with E-state index in [1.54, 1.807) is 6.92 Å². The summed E-state index contributed by atoms with van der Waals surface area (Å²) in [6.45, 7) is 1.98. The van der Waals surface area contributed by atoms with E-state index in [2.05, 4.69) is 9.71 Å². The van der Waals surface area contributed by atoms with Gasteiger partial charge in [0.1, 0.15) is 10.7 Å². The zero-order chi connectivity index (χ0) is 12.2. The van der Waals surface area contributed by atoms with E-state index in [4.69, 9.17) is 10.5 Å². The molecule has 0 aromatic carbocycles. The fourth-order valence-electron chi connectivity index (χ4n) is 0.944. The van der Waals surface area contributed by atoms with Gasteiger partial charge in [-0.05, 0) is 19.1 Å². The van der Waals surface area contributed by atoms with E-state index in [1.165, 1.54) is 25.4 Å². The van der Waals surface area contributed by atoms with Gasteiger partial charge in [0.25, 0.3) is 0 Å². The Morgan fingerprint density at radius 1 is 1.56 bits per heavy atom. The molecule has 0 amide bonds. The monoisotopic (exact) mass is 245 g/mol. The Balaban J connectivity index is 2.74. The summed E-state index contributed by atoms with van der Waals surface area (Å²) in [4.78, 5) is 3.81. The van der Waals surface area contributed by atoms with Crippen LogP contribution in [-0.4, -0.2) is 33.2 Å². The lowest BCUT2D eigenvalue weighted by Gasteiger charge is -2.11. The minimum atomic E-state index is -3.53. The van der Waals surface area contributed by atoms with Crippen LogP contribution in [-0.2, 0) is 14.8 Å². The van der Waals surface area contributed by atoms with E-state index in [0.29, 0.717) is 0 Å². The lowest BCUT2D eigenvalue weighted by atomic mass is 10.4. The molecule has 0 saturated carbocycles.